The number of nitrogens with zero attached hydrogens (tertiary/aromatic N) is 1. The number of para-hydroxylation sites is 1. The van der Waals surface area contributed by atoms with E-state index in [1.54, 1.807) is 26.0 Å². The van der Waals surface area contributed by atoms with E-state index in [1.165, 1.54) is 0 Å². The van der Waals surface area contributed by atoms with Crippen LogP contribution in [0.1, 0.15) is 22.8 Å². The lowest BCUT2D eigenvalue weighted by Gasteiger charge is -2.18. The highest BCUT2D eigenvalue weighted by Gasteiger charge is 2.25. The number of hydrogen-bond acceptors (Lipinski definition) is 5. The molecule has 0 aliphatic carbocycles. The SMILES string of the molecule is COc1cc(OC)cc(C2CC(c3ccc4ccccc4c3O)=Nc3ccccc3S2)c1. The molecule has 0 aromatic heterocycles. The first-order valence-electron chi connectivity index (χ1n) is 10.4. The van der Waals surface area contributed by atoms with E-state index in [-0.39, 0.29) is 11.0 Å². The zero-order chi connectivity index (χ0) is 22.1. The van der Waals surface area contributed by atoms with Crippen molar-refractivity contribution in [2.45, 2.75) is 16.6 Å². The molecular weight excluding hydrogens is 418 g/mol. The van der Waals surface area contributed by atoms with Crippen LogP contribution in [0, 0.1) is 0 Å². The molecule has 0 bridgehead atoms. The van der Waals surface area contributed by atoms with Crippen LogP contribution >= 0.6 is 11.8 Å². The zero-order valence-electron chi connectivity index (χ0n) is 17.9. The predicted molar refractivity (Wildman–Crippen MR) is 131 cm³/mol. The quantitative estimate of drug-likeness (QED) is 0.373. The largest absolute Gasteiger partial charge is 0.507 e. The molecule has 5 rings (SSSR count). The summed E-state index contributed by atoms with van der Waals surface area (Å²) in [6, 6.07) is 26.0. The minimum Gasteiger partial charge on any atom is -0.507 e. The minimum atomic E-state index is 0.0762. The van der Waals surface area contributed by atoms with E-state index in [1.807, 2.05) is 72.8 Å². The average molecular weight is 442 g/mol. The van der Waals surface area contributed by atoms with Gasteiger partial charge in [-0.25, -0.2) is 0 Å². The fraction of sp³-hybridized carbons (Fsp3) is 0.148. The monoisotopic (exact) mass is 441 g/mol. The lowest BCUT2D eigenvalue weighted by Crippen LogP contribution is -2.06. The number of phenols is 1. The molecular formula is C27H23NO3S. The van der Waals surface area contributed by atoms with Gasteiger partial charge in [-0.2, -0.15) is 0 Å². The van der Waals surface area contributed by atoms with E-state index in [0.29, 0.717) is 6.42 Å². The number of fused-ring (bicyclic) bond motifs is 2. The van der Waals surface area contributed by atoms with Crippen molar-refractivity contribution in [3.05, 3.63) is 90.0 Å². The van der Waals surface area contributed by atoms with E-state index in [9.17, 15) is 5.11 Å². The lowest BCUT2D eigenvalue weighted by molar-refractivity contribution is 0.393. The first kappa shape index (κ1) is 20.5. The highest BCUT2D eigenvalue weighted by Crippen LogP contribution is 2.47. The Hall–Kier alpha value is -3.44. The molecule has 5 heteroatoms. The van der Waals surface area contributed by atoms with Gasteiger partial charge in [0.1, 0.15) is 17.2 Å². The summed E-state index contributed by atoms with van der Waals surface area (Å²) in [5.41, 5.74) is 3.63. The van der Waals surface area contributed by atoms with E-state index in [0.717, 1.165) is 49.7 Å². The summed E-state index contributed by atoms with van der Waals surface area (Å²) in [4.78, 5) is 6.12. The first-order valence-corrected chi connectivity index (χ1v) is 11.3. The first-order chi connectivity index (χ1) is 15.7. The van der Waals surface area contributed by atoms with Crippen LogP contribution in [-0.4, -0.2) is 25.0 Å². The average Bonchev–Trinajstić information content (AvgIpc) is 3.04. The summed E-state index contributed by atoms with van der Waals surface area (Å²) in [7, 11) is 3.32. The second kappa shape index (κ2) is 8.60. The van der Waals surface area contributed by atoms with Crippen LogP contribution in [0.2, 0.25) is 0 Å². The number of aliphatic imine (C=N–C) groups is 1. The number of thioether (sulfide) groups is 1. The number of aromatic hydroxyl groups is 1. The standard InChI is InChI=1S/C27H23NO3S/c1-30-19-13-18(14-20(15-19)31-2)26-16-24(28-23-9-5-6-10-25(23)32-26)22-12-11-17-7-3-4-8-21(17)27(22)29/h3-15,26,29H,16H2,1-2H3. The fourth-order valence-electron chi connectivity index (χ4n) is 4.07. The topological polar surface area (TPSA) is 51.0 Å². The number of rotatable bonds is 4. The van der Waals surface area contributed by atoms with Crippen molar-refractivity contribution in [2.75, 3.05) is 14.2 Å². The molecule has 4 aromatic rings. The van der Waals surface area contributed by atoms with Crippen LogP contribution in [0.25, 0.3) is 10.8 Å². The van der Waals surface area contributed by atoms with Crippen molar-refractivity contribution in [1.29, 1.82) is 0 Å². The Kier molecular flexibility index (Phi) is 5.50. The van der Waals surface area contributed by atoms with Crippen molar-refractivity contribution in [1.82, 2.24) is 0 Å². The number of hydrogen-bond donors (Lipinski definition) is 1. The highest BCUT2D eigenvalue weighted by molar-refractivity contribution is 7.99. The van der Waals surface area contributed by atoms with E-state index in [4.69, 9.17) is 14.5 Å². The molecule has 1 atom stereocenters. The van der Waals surface area contributed by atoms with Crippen molar-refractivity contribution in [3.8, 4) is 17.2 Å². The maximum Gasteiger partial charge on any atom is 0.132 e. The van der Waals surface area contributed by atoms with Gasteiger partial charge in [-0.3, -0.25) is 4.99 Å². The molecule has 1 N–H and O–H groups in total. The van der Waals surface area contributed by atoms with Gasteiger partial charge in [0.25, 0.3) is 0 Å². The molecule has 1 heterocycles. The van der Waals surface area contributed by atoms with Crippen molar-refractivity contribution in [3.63, 3.8) is 0 Å². The van der Waals surface area contributed by atoms with Gasteiger partial charge in [0.2, 0.25) is 0 Å². The molecule has 4 nitrogen and oxygen atoms in total. The molecule has 0 fully saturated rings. The fourth-order valence-corrected chi connectivity index (χ4v) is 5.28. The molecule has 0 amide bonds. The third kappa shape index (κ3) is 3.80. The summed E-state index contributed by atoms with van der Waals surface area (Å²) >= 11 is 1.77. The molecule has 32 heavy (non-hydrogen) atoms. The van der Waals surface area contributed by atoms with Gasteiger partial charge in [-0.05, 0) is 41.3 Å². The van der Waals surface area contributed by atoms with Crippen LogP contribution < -0.4 is 9.47 Å². The van der Waals surface area contributed by atoms with Gasteiger partial charge in [0.05, 0.1) is 25.6 Å². The smallest absolute Gasteiger partial charge is 0.132 e. The Morgan fingerprint density at radius 3 is 2.38 bits per heavy atom. The third-order valence-corrected chi connectivity index (χ3v) is 7.05. The summed E-state index contributed by atoms with van der Waals surface area (Å²) in [6.07, 6.45) is 0.654. The van der Waals surface area contributed by atoms with E-state index >= 15 is 0 Å². The van der Waals surface area contributed by atoms with E-state index in [2.05, 4.69) is 6.07 Å². The van der Waals surface area contributed by atoms with Crippen LogP contribution in [-0.2, 0) is 0 Å². The summed E-state index contributed by atoms with van der Waals surface area (Å²) in [5.74, 6) is 1.78. The summed E-state index contributed by atoms with van der Waals surface area (Å²) in [6.45, 7) is 0. The number of phenolic OH excluding ortho intramolecular Hbond substituents is 1. The molecule has 1 aliphatic heterocycles. The molecule has 1 aliphatic rings. The molecule has 0 saturated carbocycles. The van der Waals surface area contributed by atoms with Crippen molar-refractivity contribution in [2.24, 2.45) is 4.99 Å². The molecule has 1 unspecified atom stereocenters. The molecule has 4 aromatic carbocycles. The third-order valence-electron chi connectivity index (χ3n) is 5.73. The van der Waals surface area contributed by atoms with Crippen molar-refractivity contribution >= 4 is 33.9 Å². The summed E-state index contributed by atoms with van der Waals surface area (Å²) in [5, 5.41) is 13.0. The Bertz CT molecular complexity index is 1310. The van der Waals surface area contributed by atoms with Gasteiger partial charge in [0, 0.05) is 33.6 Å². The van der Waals surface area contributed by atoms with Crippen LogP contribution in [0.3, 0.4) is 0 Å². The maximum absolute atomic E-state index is 11.1. The zero-order valence-corrected chi connectivity index (χ0v) is 18.7. The second-order valence-electron chi connectivity index (χ2n) is 7.67. The van der Waals surface area contributed by atoms with Gasteiger partial charge < -0.3 is 14.6 Å². The normalized spacial score (nSPS) is 15.6. The number of benzene rings is 4. The van der Waals surface area contributed by atoms with Gasteiger partial charge in [-0.1, -0.05) is 42.5 Å². The lowest BCUT2D eigenvalue weighted by atomic mass is 9.97. The van der Waals surface area contributed by atoms with Gasteiger partial charge in [-0.15, -0.1) is 11.8 Å². The maximum atomic E-state index is 11.1. The number of methoxy groups -OCH3 is 2. The van der Waals surface area contributed by atoms with Gasteiger partial charge in [0.15, 0.2) is 0 Å². The van der Waals surface area contributed by atoms with Crippen molar-refractivity contribution < 1.29 is 14.6 Å². The Morgan fingerprint density at radius 2 is 1.59 bits per heavy atom. The van der Waals surface area contributed by atoms with Crippen LogP contribution in [0.5, 0.6) is 17.2 Å². The Labute approximate surface area is 191 Å². The second-order valence-corrected chi connectivity index (χ2v) is 8.91. The Morgan fingerprint density at radius 1 is 0.875 bits per heavy atom. The summed E-state index contributed by atoms with van der Waals surface area (Å²) < 4.78 is 11.0. The highest BCUT2D eigenvalue weighted by atomic mass is 32.2. The molecule has 0 radical (unpaired) electrons. The molecule has 0 saturated heterocycles. The van der Waals surface area contributed by atoms with Crippen LogP contribution in [0.4, 0.5) is 5.69 Å². The molecule has 0 spiro atoms. The Balaban J connectivity index is 1.65. The minimum absolute atomic E-state index is 0.0762. The van der Waals surface area contributed by atoms with Gasteiger partial charge >= 0.3 is 0 Å². The number of ether oxygens (including phenoxy) is 2. The van der Waals surface area contributed by atoms with Crippen LogP contribution in [0.15, 0.2) is 88.8 Å². The predicted octanol–water partition coefficient (Wildman–Crippen LogP) is 6.92. The van der Waals surface area contributed by atoms with E-state index < -0.39 is 0 Å². The molecule has 160 valence electrons.